The number of nitrogens with one attached hydrogen (secondary N) is 1. The number of carbonyl (C=O) groups is 3. The fourth-order valence-corrected chi connectivity index (χ4v) is 2.48. The van der Waals surface area contributed by atoms with Crippen LogP contribution in [0.15, 0.2) is 54.6 Å². The van der Waals surface area contributed by atoms with Gasteiger partial charge in [-0.05, 0) is 56.7 Å². The topological polar surface area (TPSA) is 81.7 Å². The Kier molecular flexibility index (Phi) is 7.75. The third-order valence-electron chi connectivity index (χ3n) is 3.98. The quantitative estimate of drug-likeness (QED) is 0.523. The molecule has 2 aromatic carbocycles. The number of hydrogen-bond acceptors (Lipinski definition) is 5. The van der Waals surface area contributed by atoms with Gasteiger partial charge in [0.2, 0.25) is 11.7 Å². The molecule has 0 aliphatic carbocycles. The maximum absolute atomic E-state index is 12.5. The number of amides is 1. The maximum Gasteiger partial charge on any atom is 0.347 e. The van der Waals surface area contributed by atoms with E-state index in [2.05, 4.69) is 5.32 Å². The van der Waals surface area contributed by atoms with Crippen LogP contribution in [0.2, 0.25) is 0 Å². The van der Waals surface area contributed by atoms with E-state index in [1.54, 1.807) is 55.5 Å². The summed E-state index contributed by atoms with van der Waals surface area (Å²) in [7, 11) is 0. The van der Waals surface area contributed by atoms with E-state index in [1.807, 2.05) is 13.0 Å². The molecule has 0 heterocycles. The zero-order valence-corrected chi connectivity index (χ0v) is 16.3. The molecule has 1 amide bonds. The number of esters is 1. The lowest BCUT2D eigenvalue weighted by molar-refractivity contribution is -0.153. The number of para-hydroxylation sites is 1. The fraction of sp³-hybridized carbons (Fsp3) is 0.318. The van der Waals surface area contributed by atoms with Gasteiger partial charge in [-0.15, -0.1) is 0 Å². The Bertz CT molecular complexity index is 801. The average Bonchev–Trinajstić information content (AvgIpc) is 2.68. The number of ketones is 1. The zero-order valence-electron chi connectivity index (χ0n) is 16.3. The summed E-state index contributed by atoms with van der Waals surface area (Å²) in [4.78, 5) is 36.3. The van der Waals surface area contributed by atoms with Crippen molar-refractivity contribution in [3.8, 4) is 5.75 Å². The first-order valence-corrected chi connectivity index (χ1v) is 9.27. The van der Waals surface area contributed by atoms with Gasteiger partial charge in [0.1, 0.15) is 5.75 Å². The van der Waals surface area contributed by atoms with Gasteiger partial charge >= 0.3 is 5.97 Å². The smallest absolute Gasteiger partial charge is 0.347 e. The minimum atomic E-state index is -0.949. The molecule has 2 atom stereocenters. The molecule has 2 rings (SSSR count). The second kappa shape index (κ2) is 10.3. The summed E-state index contributed by atoms with van der Waals surface area (Å²) in [5.74, 6) is -0.470. The summed E-state index contributed by atoms with van der Waals surface area (Å²) in [6, 6.07) is 15.4. The molecule has 0 aromatic heterocycles. The van der Waals surface area contributed by atoms with Crippen molar-refractivity contribution in [2.45, 2.75) is 45.8 Å². The van der Waals surface area contributed by atoms with Gasteiger partial charge in [0.15, 0.2) is 12.2 Å². The summed E-state index contributed by atoms with van der Waals surface area (Å²) in [6.07, 6.45) is -0.585. The molecule has 28 heavy (non-hydrogen) atoms. The Hall–Kier alpha value is -3.15. The number of rotatable bonds is 9. The van der Waals surface area contributed by atoms with E-state index in [0.717, 1.165) is 6.42 Å². The standard InChI is InChI=1S/C22H25NO5/c1-4-8-20(24)23-18-13-11-17(12-14-18)21(25)15(2)28-22(26)16(3)27-19-9-6-5-7-10-19/h5-7,9-16H,4,8H2,1-3H3,(H,23,24). The second-order valence-electron chi connectivity index (χ2n) is 6.39. The van der Waals surface area contributed by atoms with Crippen LogP contribution in [0.4, 0.5) is 5.69 Å². The highest BCUT2D eigenvalue weighted by molar-refractivity contribution is 6.01. The predicted molar refractivity (Wildman–Crippen MR) is 106 cm³/mol. The van der Waals surface area contributed by atoms with E-state index in [-0.39, 0.29) is 11.7 Å². The van der Waals surface area contributed by atoms with Crippen molar-refractivity contribution in [1.29, 1.82) is 0 Å². The van der Waals surface area contributed by atoms with E-state index >= 15 is 0 Å². The van der Waals surface area contributed by atoms with Crippen molar-refractivity contribution in [2.24, 2.45) is 0 Å². The Morgan fingerprint density at radius 2 is 1.57 bits per heavy atom. The van der Waals surface area contributed by atoms with Crippen LogP contribution in [0.5, 0.6) is 5.75 Å². The van der Waals surface area contributed by atoms with Crippen LogP contribution in [0.1, 0.15) is 44.0 Å². The number of Topliss-reactive ketones (excluding diaryl/α,β-unsaturated/α-hetero) is 1. The third kappa shape index (κ3) is 6.23. The van der Waals surface area contributed by atoms with Crippen LogP contribution in [-0.4, -0.2) is 29.9 Å². The Balaban J connectivity index is 1.90. The van der Waals surface area contributed by atoms with Gasteiger partial charge in [0.05, 0.1) is 0 Å². The van der Waals surface area contributed by atoms with Gasteiger partial charge in [0, 0.05) is 17.7 Å². The van der Waals surface area contributed by atoms with Gasteiger partial charge in [-0.3, -0.25) is 9.59 Å². The molecular weight excluding hydrogens is 358 g/mol. The van der Waals surface area contributed by atoms with E-state index in [4.69, 9.17) is 9.47 Å². The molecule has 6 heteroatoms. The molecule has 0 saturated carbocycles. The summed E-state index contributed by atoms with van der Waals surface area (Å²) < 4.78 is 10.8. The molecule has 2 unspecified atom stereocenters. The lowest BCUT2D eigenvalue weighted by atomic mass is 10.1. The average molecular weight is 383 g/mol. The molecule has 0 aliphatic rings. The van der Waals surface area contributed by atoms with Gasteiger partial charge in [-0.25, -0.2) is 4.79 Å². The third-order valence-corrected chi connectivity index (χ3v) is 3.98. The highest BCUT2D eigenvalue weighted by Gasteiger charge is 2.24. The van der Waals surface area contributed by atoms with Crippen molar-refractivity contribution in [3.63, 3.8) is 0 Å². The van der Waals surface area contributed by atoms with Gasteiger partial charge in [0.25, 0.3) is 0 Å². The van der Waals surface area contributed by atoms with Crippen LogP contribution in [-0.2, 0) is 14.3 Å². The lowest BCUT2D eigenvalue weighted by Crippen LogP contribution is -2.32. The highest BCUT2D eigenvalue weighted by atomic mass is 16.6. The van der Waals surface area contributed by atoms with Gasteiger partial charge in [-0.2, -0.15) is 0 Å². The van der Waals surface area contributed by atoms with Crippen LogP contribution in [0.3, 0.4) is 0 Å². The zero-order chi connectivity index (χ0) is 20.5. The van der Waals surface area contributed by atoms with Crippen molar-refractivity contribution >= 4 is 23.3 Å². The van der Waals surface area contributed by atoms with Crippen LogP contribution < -0.4 is 10.1 Å². The fourth-order valence-electron chi connectivity index (χ4n) is 2.48. The summed E-state index contributed by atoms with van der Waals surface area (Å²) in [5, 5.41) is 2.76. The number of benzene rings is 2. The van der Waals surface area contributed by atoms with E-state index < -0.39 is 18.2 Å². The molecule has 0 bridgehead atoms. The van der Waals surface area contributed by atoms with Gasteiger partial charge < -0.3 is 14.8 Å². The van der Waals surface area contributed by atoms with Crippen molar-refractivity contribution in [1.82, 2.24) is 0 Å². The highest BCUT2D eigenvalue weighted by Crippen LogP contribution is 2.15. The Labute approximate surface area is 164 Å². The first-order valence-electron chi connectivity index (χ1n) is 9.27. The minimum absolute atomic E-state index is 0.0729. The molecule has 0 spiro atoms. The van der Waals surface area contributed by atoms with E-state index in [0.29, 0.717) is 23.4 Å². The molecule has 148 valence electrons. The Morgan fingerprint density at radius 1 is 0.929 bits per heavy atom. The predicted octanol–water partition coefficient (Wildman–Crippen LogP) is 4.01. The summed E-state index contributed by atoms with van der Waals surface area (Å²) in [5.41, 5.74) is 1.01. The summed E-state index contributed by atoms with van der Waals surface area (Å²) >= 11 is 0. The Morgan fingerprint density at radius 3 is 2.18 bits per heavy atom. The van der Waals surface area contributed by atoms with E-state index in [1.165, 1.54) is 6.92 Å². The number of ether oxygens (including phenoxy) is 2. The molecular formula is C22H25NO5. The second-order valence-corrected chi connectivity index (χ2v) is 6.39. The molecule has 0 radical (unpaired) electrons. The molecule has 0 fully saturated rings. The molecule has 1 N–H and O–H groups in total. The minimum Gasteiger partial charge on any atom is -0.479 e. The normalized spacial score (nSPS) is 12.5. The van der Waals surface area contributed by atoms with Crippen LogP contribution in [0, 0.1) is 0 Å². The van der Waals surface area contributed by atoms with Crippen LogP contribution in [0.25, 0.3) is 0 Å². The van der Waals surface area contributed by atoms with Gasteiger partial charge in [-0.1, -0.05) is 25.1 Å². The van der Waals surface area contributed by atoms with Crippen molar-refractivity contribution in [3.05, 3.63) is 60.2 Å². The number of anilines is 1. The van der Waals surface area contributed by atoms with Crippen molar-refractivity contribution < 1.29 is 23.9 Å². The molecule has 0 saturated heterocycles. The number of hydrogen-bond donors (Lipinski definition) is 1. The first-order chi connectivity index (χ1) is 13.4. The molecule has 0 aliphatic heterocycles. The van der Waals surface area contributed by atoms with E-state index in [9.17, 15) is 14.4 Å². The van der Waals surface area contributed by atoms with Crippen LogP contribution >= 0.6 is 0 Å². The molecule has 2 aromatic rings. The lowest BCUT2D eigenvalue weighted by Gasteiger charge is -2.17. The largest absolute Gasteiger partial charge is 0.479 e. The first kappa shape index (κ1) is 21.2. The number of carbonyl (C=O) groups excluding carboxylic acids is 3. The summed E-state index contributed by atoms with van der Waals surface area (Å²) in [6.45, 7) is 5.02. The maximum atomic E-state index is 12.5. The monoisotopic (exact) mass is 383 g/mol. The molecule has 6 nitrogen and oxygen atoms in total. The SMILES string of the molecule is CCCC(=O)Nc1ccc(C(=O)C(C)OC(=O)C(C)Oc2ccccc2)cc1. The van der Waals surface area contributed by atoms with Crippen molar-refractivity contribution in [2.75, 3.05) is 5.32 Å².